The fourth-order valence-corrected chi connectivity index (χ4v) is 4.39. The molecule has 7 nitrogen and oxygen atoms in total. The Balaban J connectivity index is 1.29. The second-order valence-corrected chi connectivity index (χ2v) is 7.87. The van der Waals surface area contributed by atoms with Gasteiger partial charge in [0.1, 0.15) is 6.54 Å². The molecule has 4 rings (SSSR count). The van der Waals surface area contributed by atoms with Crippen LogP contribution in [0.2, 0.25) is 0 Å². The van der Waals surface area contributed by atoms with Gasteiger partial charge in [-0.3, -0.25) is 14.2 Å². The van der Waals surface area contributed by atoms with Crippen LogP contribution in [-0.4, -0.2) is 52.4 Å². The van der Waals surface area contributed by atoms with Gasteiger partial charge in [0.05, 0.1) is 5.52 Å². The smallest absolute Gasteiger partial charge is 0.408 e. The summed E-state index contributed by atoms with van der Waals surface area (Å²) in [6.07, 6.45) is 6.74. The third-order valence-corrected chi connectivity index (χ3v) is 6.09. The normalized spacial score (nSPS) is 18.1. The fourth-order valence-electron chi connectivity index (χ4n) is 4.39. The standard InChI is InChI=1S/C21H27N3O4/c25-19(10-9-16-5-1-2-6-16)22-11-13-23(14-12-22)20(26)15-24-17-7-3-4-8-18(17)28-21(24)27/h3-4,7-8,16H,1-2,5-6,9-15H2. The maximum Gasteiger partial charge on any atom is 0.420 e. The summed E-state index contributed by atoms with van der Waals surface area (Å²) >= 11 is 0. The molecule has 2 aliphatic rings. The maximum absolute atomic E-state index is 12.7. The van der Waals surface area contributed by atoms with E-state index in [-0.39, 0.29) is 18.4 Å². The van der Waals surface area contributed by atoms with E-state index in [4.69, 9.17) is 4.42 Å². The van der Waals surface area contributed by atoms with Crippen molar-refractivity contribution in [1.29, 1.82) is 0 Å². The van der Waals surface area contributed by atoms with Crippen LogP contribution in [0.1, 0.15) is 38.5 Å². The molecule has 150 valence electrons. The third kappa shape index (κ3) is 3.98. The van der Waals surface area contributed by atoms with Crippen LogP contribution in [0, 0.1) is 5.92 Å². The van der Waals surface area contributed by atoms with Gasteiger partial charge in [-0.25, -0.2) is 4.79 Å². The van der Waals surface area contributed by atoms with Gasteiger partial charge in [-0.1, -0.05) is 37.8 Å². The average molecular weight is 385 g/mol. The first kappa shape index (κ1) is 18.8. The van der Waals surface area contributed by atoms with Crippen LogP contribution in [0.15, 0.2) is 33.5 Å². The van der Waals surface area contributed by atoms with Gasteiger partial charge in [0.15, 0.2) is 5.58 Å². The fraction of sp³-hybridized carbons (Fsp3) is 0.571. The molecule has 7 heteroatoms. The number of hydrogen-bond donors (Lipinski definition) is 0. The second kappa shape index (κ2) is 8.20. The quantitative estimate of drug-likeness (QED) is 0.791. The SMILES string of the molecule is O=C(CCC1CCCC1)N1CCN(C(=O)Cn2c(=O)oc3ccccc32)CC1. The van der Waals surface area contributed by atoms with Gasteiger partial charge in [-0.15, -0.1) is 0 Å². The Kier molecular flexibility index (Phi) is 5.50. The molecule has 1 aliphatic heterocycles. The minimum Gasteiger partial charge on any atom is -0.408 e. The molecule has 1 aliphatic carbocycles. The van der Waals surface area contributed by atoms with E-state index >= 15 is 0 Å². The van der Waals surface area contributed by atoms with Gasteiger partial charge in [0.25, 0.3) is 0 Å². The molecular weight excluding hydrogens is 358 g/mol. The molecule has 28 heavy (non-hydrogen) atoms. The van der Waals surface area contributed by atoms with Crippen LogP contribution in [0.4, 0.5) is 0 Å². The molecule has 1 saturated carbocycles. The van der Waals surface area contributed by atoms with E-state index in [0.717, 1.165) is 12.3 Å². The van der Waals surface area contributed by atoms with Crippen molar-refractivity contribution in [1.82, 2.24) is 14.4 Å². The van der Waals surface area contributed by atoms with Gasteiger partial charge in [-0.05, 0) is 24.5 Å². The average Bonchev–Trinajstić information content (AvgIpc) is 3.34. The first-order valence-corrected chi connectivity index (χ1v) is 10.3. The van der Waals surface area contributed by atoms with Gasteiger partial charge in [0, 0.05) is 32.6 Å². The number of oxazole rings is 1. The van der Waals surface area contributed by atoms with Crippen molar-refractivity contribution in [2.75, 3.05) is 26.2 Å². The Morgan fingerprint density at radius 3 is 2.32 bits per heavy atom. The summed E-state index contributed by atoms with van der Waals surface area (Å²) in [5, 5.41) is 0. The number of rotatable bonds is 5. The van der Waals surface area contributed by atoms with Crippen molar-refractivity contribution in [2.24, 2.45) is 5.92 Å². The number of piperazine rings is 1. The molecule has 0 radical (unpaired) electrons. The summed E-state index contributed by atoms with van der Waals surface area (Å²) < 4.78 is 6.56. The molecule has 2 heterocycles. The summed E-state index contributed by atoms with van der Waals surface area (Å²) in [5.74, 6) is 0.285. The summed E-state index contributed by atoms with van der Waals surface area (Å²) in [6, 6.07) is 7.09. The molecule has 0 unspecified atom stereocenters. The third-order valence-electron chi connectivity index (χ3n) is 6.09. The molecule has 2 amide bonds. The Morgan fingerprint density at radius 1 is 0.964 bits per heavy atom. The lowest BCUT2D eigenvalue weighted by atomic mass is 10.0. The highest BCUT2D eigenvalue weighted by molar-refractivity contribution is 5.80. The van der Waals surface area contributed by atoms with E-state index in [1.807, 2.05) is 11.0 Å². The van der Waals surface area contributed by atoms with E-state index in [1.54, 1.807) is 23.1 Å². The highest BCUT2D eigenvalue weighted by Crippen LogP contribution is 2.28. The minimum atomic E-state index is -0.518. The van der Waals surface area contributed by atoms with E-state index in [2.05, 4.69) is 0 Å². The number of benzene rings is 1. The predicted molar refractivity (Wildman–Crippen MR) is 105 cm³/mol. The van der Waals surface area contributed by atoms with Crippen molar-refractivity contribution in [3.63, 3.8) is 0 Å². The number of aromatic nitrogens is 1. The molecule has 0 atom stereocenters. The van der Waals surface area contributed by atoms with Crippen LogP contribution >= 0.6 is 0 Å². The molecule has 0 spiro atoms. The number of fused-ring (bicyclic) bond motifs is 1. The van der Waals surface area contributed by atoms with Crippen molar-refractivity contribution in [3.05, 3.63) is 34.8 Å². The number of hydrogen-bond acceptors (Lipinski definition) is 4. The molecule has 0 bridgehead atoms. The van der Waals surface area contributed by atoms with E-state index in [9.17, 15) is 14.4 Å². The van der Waals surface area contributed by atoms with Gasteiger partial charge in [-0.2, -0.15) is 0 Å². The summed E-state index contributed by atoms with van der Waals surface area (Å²) in [4.78, 5) is 40.8. The van der Waals surface area contributed by atoms with Gasteiger partial charge >= 0.3 is 5.76 Å². The van der Waals surface area contributed by atoms with E-state index in [0.29, 0.717) is 43.7 Å². The highest BCUT2D eigenvalue weighted by atomic mass is 16.4. The van der Waals surface area contributed by atoms with Crippen LogP contribution in [0.5, 0.6) is 0 Å². The molecule has 0 N–H and O–H groups in total. The lowest BCUT2D eigenvalue weighted by Crippen LogP contribution is -2.51. The monoisotopic (exact) mass is 385 g/mol. The number of carbonyl (C=O) groups excluding carboxylic acids is 2. The zero-order valence-electron chi connectivity index (χ0n) is 16.1. The topological polar surface area (TPSA) is 75.8 Å². The molecule has 2 aromatic rings. The number of amides is 2. The van der Waals surface area contributed by atoms with Crippen molar-refractivity contribution in [3.8, 4) is 0 Å². The first-order valence-electron chi connectivity index (χ1n) is 10.3. The Labute approximate surface area is 163 Å². The second-order valence-electron chi connectivity index (χ2n) is 7.87. The first-order chi connectivity index (χ1) is 13.6. The zero-order chi connectivity index (χ0) is 19.5. The van der Waals surface area contributed by atoms with Crippen LogP contribution in [0.25, 0.3) is 11.1 Å². The predicted octanol–water partition coefficient (Wildman–Crippen LogP) is 2.24. The Morgan fingerprint density at radius 2 is 1.61 bits per heavy atom. The summed E-state index contributed by atoms with van der Waals surface area (Å²) in [6.45, 7) is 2.12. The van der Waals surface area contributed by atoms with Crippen molar-refractivity contribution < 1.29 is 14.0 Å². The van der Waals surface area contributed by atoms with Gasteiger partial charge < -0.3 is 14.2 Å². The minimum absolute atomic E-state index is 0.0362. The lowest BCUT2D eigenvalue weighted by Gasteiger charge is -2.35. The van der Waals surface area contributed by atoms with E-state index in [1.165, 1.54) is 30.3 Å². The largest absolute Gasteiger partial charge is 0.420 e. The van der Waals surface area contributed by atoms with Crippen molar-refractivity contribution in [2.45, 2.75) is 45.1 Å². The summed E-state index contributed by atoms with van der Waals surface area (Å²) in [7, 11) is 0. The Bertz CT molecular complexity index is 902. The van der Waals surface area contributed by atoms with Gasteiger partial charge in [0.2, 0.25) is 11.8 Å². The molecule has 1 saturated heterocycles. The summed E-state index contributed by atoms with van der Waals surface area (Å²) in [5.41, 5.74) is 1.11. The number of para-hydroxylation sites is 2. The molecule has 1 aromatic heterocycles. The van der Waals surface area contributed by atoms with E-state index < -0.39 is 5.76 Å². The Hall–Kier alpha value is -2.57. The maximum atomic E-state index is 12.7. The number of carbonyl (C=O) groups is 2. The zero-order valence-corrected chi connectivity index (χ0v) is 16.1. The molecule has 2 fully saturated rings. The van der Waals surface area contributed by atoms with Crippen molar-refractivity contribution >= 4 is 22.9 Å². The van der Waals surface area contributed by atoms with Crippen LogP contribution in [0.3, 0.4) is 0 Å². The highest BCUT2D eigenvalue weighted by Gasteiger charge is 2.26. The van der Waals surface area contributed by atoms with Crippen LogP contribution in [-0.2, 0) is 16.1 Å². The molecule has 1 aromatic carbocycles. The van der Waals surface area contributed by atoms with Crippen LogP contribution < -0.4 is 5.76 Å². The lowest BCUT2D eigenvalue weighted by molar-refractivity contribution is -0.140. The molecular formula is C21H27N3O4. The number of nitrogens with zero attached hydrogens (tertiary/aromatic N) is 3.